The molecule has 0 fully saturated rings. The van der Waals surface area contributed by atoms with Crippen molar-refractivity contribution in [2.45, 2.75) is 155 Å². The third-order valence-electron chi connectivity index (χ3n) is 6.95. The van der Waals surface area contributed by atoms with Crippen LogP contribution in [0.1, 0.15) is 149 Å². The van der Waals surface area contributed by atoms with E-state index in [4.69, 9.17) is 19.3 Å². The first-order valence-corrected chi connectivity index (χ1v) is 18.1. The molecule has 0 saturated heterocycles. The van der Waals surface area contributed by atoms with Crippen LogP contribution in [0.4, 0.5) is 0 Å². The van der Waals surface area contributed by atoms with Crippen molar-refractivity contribution in [2.24, 2.45) is 0 Å². The number of unbranched alkanes of at least 4 members (excludes halogenated alkanes) is 15. The topological polar surface area (TPSA) is 136 Å². The van der Waals surface area contributed by atoms with Gasteiger partial charge < -0.3 is 19.3 Å². The Morgan fingerprint density at radius 1 is 0.651 bits per heavy atom. The van der Waals surface area contributed by atoms with Gasteiger partial charge in [0.25, 0.3) is 0 Å². The summed E-state index contributed by atoms with van der Waals surface area (Å²) < 4.78 is 26.1. The second kappa shape index (κ2) is 28.9. The van der Waals surface area contributed by atoms with Crippen molar-refractivity contribution in [3.8, 4) is 0 Å². The molecule has 0 aromatic rings. The third kappa shape index (κ3) is 31.4. The smallest absolute Gasteiger partial charge is 0.462 e. The molecule has 250 valence electrons. The largest absolute Gasteiger partial charge is 0.469 e. The van der Waals surface area contributed by atoms with Gasteiger partial charge in [0.05, 0.1) is 6.61 Å². The summed E-state index contributed by atoms with van der Waals surface area (Å²) in [7, 11) is -4.76. The molecule has 0 saturated carbocycles. The van der Waals surface area contributed by atoms with Crippen LogP contribution >= 0.6 is 7.82 Å². The summed E-state index contributed by atoms with van der Waals surface area (Å²) in [5.41, 5.74) is 0. The highest BCUT2D eigenvalue weighted by molar-refractivity contribution is 7.46. The number of hydrogen-bond acceptors (Lipinski definition) is 7. The molecule has 10 heteroatoms. The third-order valence-corrected chi connectivity index (χ3v) is 7.43. The van der Waals surface area contributed by atoms with Crippen LogP contribution < -0.4 is 0 Å². The van der Waals surface area contributed by atoms with E-state index in [0.717, 1.165) is 51.4 Å². The fourth-order valence-corrected chi connectivity index (χ4v) is 4.77. The summed E-state index contributed by atoms with van der Waals surface area (Å²) in [6.45, 7) is 3.47. The molecule has 9 nitrogen and oxygen atoms in total. The van der Waals surface area contributed by atoms with Crippen molar-refractivity contribution in [1.29, 1.82) is 0 Å². The zero-order valence-corrected chi connectivity index (χ0v) is 27.7. The number of ketones is 1. The minimum absolute atomic E-state index is 0.118. The van der Waals surface area contributed by atoms with Gasteiger partial charge in [0.1, 0.15) is 6.61 Å². The Labute approximate surface area is 260 Å². The Hall–Kier alpha value is -1.80. The van der Waals surface area contributed by atoms with Crippen molar-refractivity contribution >= 4 is 25.5 Å². The number of ether oxygens (including phenoxy) is 2. The Morgan fingerprint density at radius 3 is 1.74 bits per heavy atom. The quantitative estimate of drug-likeness (QED) is 0.0263. The molecule has 0 aromatic heterocycles. The predicted octanol–water partition coefficient (Wildman–Crippen LogP) is 8.46. The van der Waals surface area contributed by atoms with Crippen molar-refractivity contribution < 1.29 is 42.7 Å². The molecule has 0 aliphatic carbocycles. The second-order valence-corrected chi connectivity index (χ2v) is 12.4. The Kier molecular flexibility index (Phi) is 27.7. The standard InChI is InChI=1S/C33H59O9P/c1-3-5-7-9-11-12-14-18-23-27-33(36)42-31(29-41-43(37,38)39)28-40-32(35)26-22-19-15-17-21-25-30(34)24-20-16-13-10-8-6-4-2/h13,16,20,24,31H,3-12,14-15,17-19,21-23,25-29H2,1-2H3,(H2,37,38,39)/b16-13-,24-20+/t31-/m1/s1. The van der Waals surface area contributed by atoms with Crippen LogP contribution in [0.2, 0.25) is 0 Å². The highest BCUT2D eigenvalue weighted by atomic mass is 31.2. The number of phosphoric acid groups is 1. The fourth-order valence-electron chi connectivity index (χ4n) is 4.41. The van der Waals surface area contributed by atoms with Crippen molar-refractivity contribution in [3.63, 3.8) is 0 Å². The number of hydrogen-bond donors (Lipinski definition) is 2. The molecule has 0 unspecified atom stereocenters. The summed E-state index contributed by atoms with van der Waals surface area (Å²) in [5.74, 6) is -0.863. The molecular weight excluding hydrogens is 571 g/mol. The van der Waals surface area contributed by atoms with Gasteiger partial charge in [-0.2, -0.15) is 0 Å². The first-order chi connectivity index (χ1) is 20.7. The zero-order chi connectivity index (χ0) is 32.0. The molecule has 0 radical (unpaired) electrons. The van der Waals surface area contributed by atoms with Crippen LogP contribution in [-0.2, 0) is 32.9 Å². The van der Waals surface area contributed by atoms with Crippen molar-refractivity contribution in [1.82, 2.24) is 0 Å². The van der Waals surface area contributed by atoms with E-state index in [2.05, 4.69) is 24.4 Å². The second-order valence-electron chi connectivity index (χ2n) is 11.2. The average molecular weight is 631 g/mol. The Bertz CT molecular complexity index is 819. The Balaban J connectivity index is 4.10. The fraction of sp³-hybridized carbons (Fsp3) is 0.788. The number of allylic oxidation sites excluding steroid dienone is 4. The highest BCUT2D eigenvalue weighted by Crippen LogP contribution is 2.35. The normalized spacial score (nSPS) is 12.7. The lowest BCUT2D eigenvalue weighted by molar-refractivity contribution is -0.161. The van der Waals surface area contributed by atoms with Crippen LogP contribution in [-0.4, -0.2) is 46.8 Å². The maximum absolute atomic E-state index is 12.2. The Morgan fingerprint density at radius 2 is 1.16 bits per heavy atom. The van der Waals surface area contributed by atoms with E-state index < -0.39 is 32.5 Å². The predicted molar refractivity (Wildman–Crippen MR) is 170 cm³/mol. The summed E-state index contributed by atoms with van der Waals surface area (Å²) in [4.78, 5) is 54.3. The van der Waals surface area contributed by atoms with E-state index in [1.54, 1.807) is 6.08 Å². The van der Waals surface area contributed by atoms with Crippen LogP contribution in [0.25, 0.3) is 0 Å². The van der Waals surface area contributed by atoms with Crippen LogP contribution in [0.3, 0.4) is 0 Å². The molecule has 0 aromatic carbocycles. The van der Waals surface area contributed by atoms with Crippen LogP contribution in [0.15, 0.2) is 24.3 Å². The van der Waals surface area contributed by atoms with Gasteiger partial charge in [-0.3, -0.25) is 18.9 Å². The summed E-state index contributed by atoms with van der Waals surface area (Å²) in [6.07, 6.45) is 25.9. The molecule has 0 rings (SSSR count). The van der Waals surface area contributed by atoms with Gasteiger partial charge >= 0.3 is 19.8 Å². The molecule has 0 spiro atoms. The highest BCUT2D eigenvalue weighted by Gasteiger charge is 2.22. The lowest BCUT2D eigenvalue weighted by atomic mass is 10.1. The molecule has 2 N–H and O–H groups in total. The molecule has 0 amide bonds. The van der Waals surface area contributed by atoms with Gasteiger partial charge in [0.2, 0.25) is 0 Å². The number of esters is 2. The van der Waals surface area contributed by atoms with Crippen LogP contribution in [0.5, 0.6) is 0 Å². The minimum atomic E-state index is -4.76. The molecule has 43 heavy (non-hydrogen) atoms. The number of carbonyl (C=O) groups is 3. The average Bonchev–Trinajstić information content (AvgIpc) is 2.96. The van der Waals surface area contributed by atoms with Crippen LogP contribution in [0, 0.1) is 0 Å². The first kappa shape index (κ1) is 41.2. The SMILES string of the molecule is CCCCC/C=C\C=C\C(=O)CCCCCCCC(=O)OC[C@H](COP(=O)(O)O)OC(=O)CCCCCCCCCCC. The van der Waals surface area contributed by atoms with Gasteiger partial charge in [-0.15, -0.1) is 0 Å². The lowest BCUT2D eigenvalue weighted by Gasteiger charge is -2.18. The molecular formula is C33H59O9P. The summed E-state index contributed by atoms with van der Waals surface area (Å²) in [5, 5.41) is 0. The van der Waals surface area contributed by atoms with Gasteiger partial charge in [-0.1, -0.05) is 116 Å². The summed E-state index contributed by atoms with van der Waals surface area (Å²) in [6, 6.07) is 0. The van der Waals surface area contributed by atoms with Gasteiger partial charge in [0, 0.05) is 19.3 Å². The first-order valence-electron chi connectivity index (χ1n) is 16.6. The van der Waals surface area contributed by atoms with E-state index in [9.17, 15) is 18.9 Å². The molecule has 0 aliphatic heterocycles. The monoisotopic (exact) mass is 630 g/mol. The summed E-state index contributed by atoms with van der Waals surface area (Å²) >= 11 is 0. The van der Waals surface area contributed by atoms with Gasteiger partial charge in [0.15, 0.2) is 11.9 Å². The molecule has 0 bridgehead atoms. The minimum Gasteiger partial charge on any atom is -0.462 e. The van der Waals surface area contributed by atoms with E-state index in [1.807, 2.05) is 12.2 Å². The number of rotatable bonds is 30. The molecule has 0 aliphatic rings. The van der Waals surface area contributed by atoms with E-state index in [-0.39, 0.29) is 25.2 Å². The van der Waals surface area contributed by atoms with E-state index in [0.29, 0.717) is 19.3 Å². The van der Waals surface area contributed by atoms with Gasteiger partial charge in [-0.05, 0) is 38.2 Å². The maximum atomic E-state index is 12.2. The zero-order valence-electron chi connectivity index (χ0n) is 26.8. The van der Waals surface area contributed by atoms with E-state index >= 15 is 0 Å². The molecule has 0 heterocycles. The number of phosphoric ester groups is 1. The van der Waals surface area contributed by atoms with Crippen molar-refractivity contribution in [2.75, 3.05) is 13.2 Å². The lowest BCUT2D eigenvalue weighted by Crippen LogP contribution is -2.29. The number of carbonyl (C=O) groups excluding carboxylic acids is 3. The maximum Gasteiger partial charge on any atom is 0.469 e. The van der Waals surface area contributed by atoms with E-state index in [1.165, 1.54) is 51.4 Å². The van der Waals surface area contributed by atoms with Crippen molar-refractivity contribution in [3.05, 3.63) is 24.3 Å². The molecule has 1 atom stereocenters. The van der Waals surface area contributed by atoms with Gasteiger partial charge in [-0.25, -0.2) is 4.57 Å².